The number of carbonyl (C=O) groups is 1. The van der Waals surface area contributed by atoms with Gasteiger partial charge in [-0.15, -0.1) is 0 Å². The minimum absolute atomic E-state index is 0.00582. The Hall–Kier alpha value is -1.78. The van der Waals surface area contributed by atoms with Crippen LogP contribution < -0.4 is 5.43 Å². The van der Waals surface area contributed by atoms with Crippen molar-refractivity contribution in [2.75, 3.05) is 0 Å². The van der Waals surface area contributed by atoms with Crippen LogP contribution in [0.25, 0.3) is 0 Å². The molecule has 2 aliphatic rings. The zero-order valence-electron chi connectivity index (χ0n) is 8.21. The quantitative estimate of drug-likeness (QED) is 0.767. The summed E-state index contributed by atoms with van der Waals surface area (Å²) in [5.41, 5.74) is 3.14. The lowest BCUT2D eigenvalue weighted by Crippen LogP contribution is -2.29. The number of amides is 1. The van der Waals surface area contributed by atoms with Crippen LogP contribution in [-0.2, 0) is 4.79 Å². The molecule has 3 rings (SSSR count). The summed E-state index contributed by atoms with van der Waals surface area (Å²) in [6, 6.07) is 3.37. The van der Waals surface area contributed by atoms with Crippen molar-refractivity contribution < 1.29 is 13.6 Å². The minimum atomic E-state index is -0.638. The summed E-state index contributed by atoms with van der Waals surface area (Å²) in [6.07, 6.45) is 0.696. The van der Waals surface area contributed by atoms with Gasteiger partial charge in [-0.2, -0.15) is 5.10 Å². The third-order valence-electron chi connectivity index (χ3n) is 2.97. The number of hydrogen-bond donors (Lipinski definition) is 1. The molecule has 1 N–H and O–H groups in total. The van der Waals surface area contributed by atoms with E-state index in [0.717, 1.165) is 6.07 Å². The monoisotopic (exact) mass is 222 g/mol. The first-order valence-corrected chi connectivity index (χ1v) is 4.99. The highest BCUT2D eigenvalue weighted by atomic mass is 19.1. The fraction of sp³-hybridized carbons (Fsp3) is 0.273. The molecule has 0 radical (unpaired) electrons. The number of benzene rings is 1. The Morgan fingerprint density at radius 2 is 2.12 bits per heavy atom. The molecule has 3 nitrogen and oxygen atoms in total. The van der Waals surface area contributed by atoms with Gasteiger partial charge < -0.3 is 0 Å². The lowest BCUT2D eigenvalue weighted by molar-refractivity contribution is -0.122. The number of carbonyl (C=O) groups excluding carboxylic acids is 1. The molecule has 1 aromatic rings. The molecule has 0 spiro atoms. The Morgan fingerprint density at radius 1 is 1.31 bits per heavy atom. The molecule has 1 amide bonds. The van der Waals surface area contributed by atoms with E-state index < -0.39 is 11.6 Å². The van der Waals surface area contributed by atoms with Gasteiger partial charge in [-0.1, -0.05) is 0 Å². The third-order valence-corrected chi connectivity index (χ3v) is 2.97. The first-order chi connectivity index (χ1) is 7.66. The number of hydrazone groups is 1. The van der Waals surface area contributed by atoms with Gasteiger partial charge in [0.15, 0.2) is 0 Å². The molecule has 5 heteroatoms. The number of fused-ring (bicyclic) bond motifs is 1. The van der Waals surface area contributed by atoms with Gasteiger partial charge in [-0.3, -0.25) is 4.79 Å². The smallest absolute Gasteiger partial charge is 0.243 e. The number of nitrogens with one attached hydrogen (secondary N) is 1. The number of nitrogens with zero attached hydrogens (tertiary/aromatic N) is 1. The third kappa shape index (κ3) is 1.31. The molecule has 1 fully saturated rings. The van der Waals surface area contributed by atoms with Crippen molar-refractivity contribution in [2.45, 2.75) is 6.42 Å². The lowest BCUT2D eigenvalue weighted by Gasteiger charge is -2.12. The van der Waals surface area contributed by atoms with Crippen molar-refractivity contribution in [2.24, 2.45) is 16.9 Å². The van der Waals surface area contributed by atoms with Gasteiger partial charge in [-0.05, 0) is 18.6 Å². The van der Waals surface area contributed by atoms with Crippen molar-refractivity contribution >= 4 is 11.6 Å². The lowest BCUT2D eigenvalue weighted by atomic mass is 10.0. The van der Waals surface area contributed by atoms with Crippen molar-refractivity contribution in [3.63, 3.8) is 0 Å². The van der Waals surface area contributed by atoms with E-state index in [1.165, 1.54) is 12.1 Å². The molecular formula is C11H8F2N2O. The predicted molar refractivity (Wildman–Crippen MR) is 52.6 cm³/mol. The maximum atomic E-state index is 13.5. The van der Waals surface area contributed by atoms with E-state index in [1.54, 1.807) is 0 Å². The van der Waals surface area contributed by atoms with Crippen molar-refractivity contribution in [3.8, 4) is 0 Å². The number of hydrogen-bond acceptors (Lipinski definition) is 2. The van der Waals surface area contributed by atoms with E-state index >= 15 is 0 Å². The second kappa shape index (κ2) is 3.10. The van der Waals surface area contributed by atoms with Crippen molar-refractivity contribution in [3.05, 3.63) is 35.4 Å². The number of halogens is 2. The topological polar surface area (TPSA) is 41.5 Å². The van der Waals surface area contributed by atoms with Crippen LogP contribution in [-0.4, -0.2) is 11.6 Å². The van der Waals surface area contributed by atoms with Gasteiger partial charge in [-0.25, -0.2) is 14.2 Å². The van der Waals surface area contributed by atoms with Crippen LogP contribution in [0.4, 0.5) is 8.78 Å². The summed E-state index contributed by atoms with van der Waals surface area (Å²) in [4.78, 5) is 11.2. The van der Waals surface area contributed by atoms with E-state index in [2.05, 4.69) is 10.5 Å². The molecule has 0 aromatic heterocycles. The molecule has 0 bridgehead atoms. The summed E-state index contributed by atoms with van der Waals surface area (Å²) < 4.78 is 26.2. The second-order valence-electron chi connectivity index (χ2n) is 4.05. The molecule has 0 saturated heterocycles. The van der Waals surface area contributed by atoms with E-state index in [4.69, 9.17) is 0 Å². The summed E-state index contributed by atoms with van der Waals surface area (Å²) >= 11 is 0. The highest BCUT2D eigenvalue weighted by Crippen LogP contribution is 2.43. The molecule has 2 atom stereocenters. The van der Waals surface area contributed by atoms with Crippen LogP contribution in [0, 0.1) is 23.5 Å². The van der Waals surface area contributed by atoms with Gasteiger partial charge >= 0.3 is 0 Å². The molecule has 1 aliphatic carbocycles. The van der Waals surface area contributed by atoms with Crippen LogP contribution >= 0.6 is 0 Å². The zero-order valence-corrected chi connectivity index (χ0v) is 8.21. The Morgan fingerprint density at radius 3 is 2.88 bits per heavy atom. The average Bonchev–Trinajstić information content (AvgIpc) is 3.00. The van der Waals surface area contributed by atoms with Crippen molar-refractivity contribution in [1.29, 1.82) is 0 Å². The first kappa shape index (κ1) is 9.45. The Bertz CT molecular complexity index is 513. The van der Waals surface area contributed by atoms with E-state index in [9.17, 15) is 13.6 Å². The van der Waals surface area contributed by atoms with Crippen LogP contribution in [0.15, 0.2) is 23.3 Å². The standard InChI is InChI=1S/C11H8F2N2O/c12-5-1-2-6(9(13)3-5)10-7-4-8(7)11(16)15-14-10/h1-3,7-8H,4H2,(H,15,16)/t7-,8+/m1/s1. The minimum Gasteiger partial charge on any atom is -0.273 e. The van der Waals surface area contributed by atoms with Crippen LogP contribution in [0.3, 0.4) is 0 Å². The Balaban J connectivity index is 2.02. The predicted octanol–water partition coefficient (Wildman–Crippen LogP) is 1.43. The van der Waals surface area contributed by atoms with E-state index in [-0.39, 0.29) is 23.3 Å². The van der Waals surface area contributed by atoms with Crippen LogP contribution in [0.1, 0.15) is 12.0 Å². The average molecular weight is 222 g/mol. The summed E-state index contributed by atoms with van der Waals surface area (Å²) in [5.74, 6) is -1.46. The highest BCUT2D eigenvalue weighted by molar-refractivity contribution is 6.09. The van der Waals surface area contributed by atoms with Crippen molar-refractivity contribution in [1.82, 2.24) is 5.43 Å². The summed E-state index contributed by atoms with van der Waals surface area (Å²) in [7, 11) is 0. The SMILES string of the molecule is O=C1NN=C(c2ccc(F)cc2F)[C@@H]2C[C@H]12. The molecule has 1 aromatic carbocycles. The molecule has 0 unspecified atom stereocenters. The Kier molecular flexibility index (Phi) is 1.83. The van der Waals surface area contributed by atoms with Gasteiger partial charge in [0.2, 0.25) is 5.91 Å². The highest BCUT2D eigenvalue weighted by Gasteiger charge is 2.49. The van der Waals surface area contributed by atoms with E-state index in [1.807, 2.05) is 0 Å². The maximum absolute atomic E-state index is 13.5. The van der Waals surface area contributed by atoms with Gasteiger partial charge in [0.1, 0.15) is 11.6 Å². The molecule has 1 saturated carbocycles. The molecule has 82 valence electrons. The largest absolute Gasteiger partial charge is 0.273 e. The van der Waals surface area contributed by atoms with Gasteiger partial charge in [0.25, 0.3) is 0 Å². The molecular weight excluding hydrogens is 214 g/mol. The molecule has 1 heterocycles. The first-order valence-electron chi connectivity index (χ1n) is 4.99. The maximum Gasteiger partial charge on any atom is 0.243 e. The summed E-state index contributed by atoms with van der Waals surface area (Å²) in [5, 5.41) is 3.85. The zero-order chi connectivity index (χ0) is 11.3. The summed E-state index contributed by atoms with van der Waals surface area (Å²) in [6.45, 7) is 0. The van der Waals surface area contributed by atoms with Crippen LogP contribution in [0.5, 0.6) is 0 Å². The fourth-order valence-electron chi connectivity index (χ4n) is 2.03. The second-order valence-corrected chi connectivity index (χ2v) is 4.05. The normalized spacial score (nSPS) is 26.9. The van der Waals surface area contributed by atoms with Gasteiger partial charge in [0, 0.05) is 23.5 Å². The molecule has 1 aliphatic heterocycles. The fourth-order valence-corrected chi connectivity index (χ4v) is 2.03. The molecule has 16 heavy (non-hydrogen) atoms. The number of rotatable bonds is 1. The van der Waals surface area contributed by atoms with E-state index in [0.29, 0.717) is 12.1 Å². The van der Waals surface area contributed by atoms with Gasteiger partial charge in [0.05, 0.1) is 5.71 Å². The Labute approximate surface area is 90.2 Å². The van der Waals surface area contributed by atoms with Crippen LogP contribution in [0.2, 0.25) is 0 Å².